The molecule has 1 aromatic heterocycles. The van der Waals surface area contributed by atoms with E-state index in [0.29, 0.717) is 17.5 Å². The molecule has 3 rings (SSSR count). The summed E-state index contributed by atoms with van der Waals surface area (Å²) in [6, 6.07) is 13.0. The monoisotopic (exact) mass is 369 g/mol. The normalized spacial score (nSPS) is 11.3. The fraction of sp³-hybridized carbons (Fsp3) is 0.318. The molecule has 0 bridgehead atoms. The highest BCUT2D eigenvalue weighted by molar-refractivity contribution is 5.98. The van der Waals surface area contributed by atoms with E-state index in [2.05, 4.69) is 31.3 Å². The summed E-state index contributed by atoms with van der Waals surface area (Å²) in [7, 11) is 0. The summed E-state index contributed by atoms with van der Waals surface area (Å²) in [6.07, 6.45) is 0. The van der Waals surface area contributed by atoms with Gasteiger partial charge in [-0.2, -0.15) is 0 Å². The number of hydrogen-bond donors (Lipinski definition) is 2. The van der Waals surface area contributed by atoms with Crippen LogP contribution >= 0.6 is 0 Å². The molecular formula is C22H26FN2O2+. The molecule has 27 heavy (non-hydrogen) atoms. The summed E-state index contributed by atoms with van der Waals surface area (Å²) in [6.45, 7) is 9.75. The number of hydrogen-bond acceptors (Lipinski definition) is 2. The Morgan fingerprint density at radius 1 is 1.07 bits per heavy atom. The number of rotatable bonds is 7. The lowest BCUT2D eigenvalue weighted by Crippen LogP contribution is -3.10. The van der Waals surface area contributed by atoms with Crippen LogP contribution in [0.2, 0.25) is 0 Å². The van der Waals surface area contributed by atoms with Crippen molar-refractivity contribution in [2.75, 3.05) is 13.1 Å². The van der Waals surface area contributed by atoms with Crippen LogP contribution in [-0.2, 0) is 13.1 Å². The van der Waals surface area contributed by atoms with Crippen LogP contribution in [0.3, 0.4) is 0 Å². The van der Waals surface area contributed by atoms with Crippen molar-refractivity contribution in [3.63, 3.8) is 0 Å². The van der Waals surface area contributed by atoms with Crippen molar-refractivity contribution in [1.29, 1.82) is 0 Å². The van der Waals surface area contributed by atoms with Gasteiger partial charge in [-0.15, -0.1) is 0 Å². The van der Waals surface area contributed by atoms with E-state index in [1.54, 1.807) is 19.1 Å². The molecule has 0 aliphatic rings. The maximum atomic E-state index is 13.8. The predicted molar refractivity (Wildman–Crippen MR) is 104 cm³/mol. The Kier molecular flexibility index (Phi) is 5.91. The van der Waals surface area contributed by atoms with Crippen LogP contribution in [0.4, 0.5) is 4.39 Å². The molecule has 1 heterocycles. The molecule has 3 aromatic rings. The predicted octanol–water partition coefficient (Wildman–Crippen LogP) is 3.24. The smallest absolute Gasteiger partial charge is 0.287 e. The first-order valence-corrected chi connectivity index (χ1v) is 9.40. The largest absolute Gasteiger partial charge is 0.448 e. The molecule has 0 atom stereocenters. The van der Waals surface area contributed by atoms with Crippen molar-refractivity contribution in [1.82, 2.24) is 5.32 Å². The molecule has 2 N–H and O–H groups in total. The van der Waals surface area contributed by atoms with Crippen LogP contribution in [0.1, 0.15) is 41.1 Å². The van der Waals surface area contributed by atoms with Crippen molar-refractivity contribution in [2.45, 2.75) is 33.9 Å². The lowest BCUT2D eigenvalue weighted by atomic mass is 10.1. The molecule has 0 aliphatic carbocycles. The number of carbonyl (C=O) groups is 1. The van der Waals surface area contributed by atoms with Gasteiger partial charge in [-0.1, -0.05) is 36.4 Å². The number of quaternary nitrogens is 1. The van der Waals surface area contributed by atoms with E-state index in [4.69, 9.17) is 4.42 Å². The van der Waals surface area contributed by atoms with Crippen molar-refractivity contribution in [3.05, 3.63) is 70.7 Å². The molecule has 5 heteroatoms. The first kappa shape index (κ1) is 19.1. The quantitative estimate of drug-likeness (QED) is 0.672. The van der Waals surface area contributed by atoms with Crippen molar-refractivity contribution >= 4 is 16.9 Å². The average molecular weight is 369 g/mol. The van der Waals surface area contributed by atoms with Crippen LogP contribution in [0.25, 0.3) is 11.0 Å². The van der Waals surface area contributed by atoms with Gasteiger partial charge in [0.2, 0.25) is 0 Å². The van der Waals surface area contributed by atoms with Crippen LogP contribution in [0, 0.1) is 12.7 Å². The zero-order valence-electron chi connectivity index (χ0n) is 16.1. The number of amides is 1. The van der Waals surface area contributed by atoms with E-state index in [-0.39, 0.29) is 17.3 Å². The minimum absolute atomic E-state index is 0.128. The van der Waals surface area contributed by atoms with Gasteiger partial charge in [0, 0.05) is 23.1 Å². The highest BCUT2D eigenvalue weighted by Gasteiger charge is 2.19. The zero-order valence-corrected chi connectivity index (χ0v) is 16.1. The van der Waals surface area contributed by atoms with E-state index < -0.39 is 5.82 Å². The number of benzene rings is 2. The summed E-state index contributed by atoms with van der Waals surface area (Å²) in [4.78, 5) is 14.0. The van der Waals surface area contributed by atoms with Gasteiger partial charge in [0.1, 0.15) is 6.54 Å². The van der Waals surface area contributed by atoms with Gasteiger partial charge < -0.3 is 14.6 Å². The Bertz CT molecular complexity index is 927. The van der Waals surface area contributed by atoms with Crippen LogP contribution in [-0.4, -0.2) is 19.0 Å². The third-order valence-electron chi connectivity index (χ3n) is 5.05. The number of halogens is 1. The third kappa shape index (κ3) is 4.19. The number of fused-ring (bicyclic) bond motifs is 1. The van der Waals surface area contributed by atoms with Gasteiger partial charge in [0.25, 0.3) is 5.91 Å². The maximum Gasteiger partial charge on any atom is 0.287 e. The van der Waals surface area contributed by atoms with Crippen LogP contribution < -0.4 is 10.2 Å². The lowest BCUT2D eigenvalue weighted by molar-refractivity contribution is -0.910. The summed E-state index contributed by atoms with van der Waals surface area (Å²) in [5, 5.41) is 3.49. The number of para-hydroxylation sites is 1. The zero-order chi connectivity index (χ0) is 19.4. The molecule has 142 valence electrons. The van der Waals surface area contributed by atoms with Gasteiger partial charge in [-0.25, -0.2) is 4.39 Å². The molecule has 0 spiro atoms. The SMILES string of the molecule is CC[NH+](CC)Cc1ccc(CNC(=O)c2oc3c(F)cccc3c2C)cc1. The van der Waals surface area contributed by atoms with Crippen molar-refractivity contribution in [2.24, 2.45) is 0 Å². The van der Waals surface area contributed by atoms with Gasteiger partial charge in [0.05, 0.1) is 13.1 Å². The van der Waals surface area contributed by atoms with Gasteiger partial charge in [0.15, 0.2) is 17.2 Å². The molecule has 0 saturated carbocycles. The van der Waals surface area contributed by atoms with Crippen LogP contribution in [0.5, 0.6) is 0 Å². The Balaban J connectivity index is 1.66. The van der Waals surface area contributed by atoms with Gasteiger partial charge >= 0.3 is 0 Å². The first-order chi connectivity index (χ1) is 13.0. The number of furan rings is 1. The van der Waals surface area contributed by atoms with Gasteiger partial charge in [-0.05, 0) is 32.4 Å². The summed E-state index contributed by atoms with van der Waals surface area (Å²) < 4.78 is 19.3. The van der Waals surface area contributed by atoms with Crippen molar-refractivity contribution in [3.8, 4) is 0 Å². The maximum absolute atomic E-state index is 13.8. The Labute approximate surface area is 159 Å². The molecule has 4 nitrogen and oxygen atoms in total. The van der Waals surface area contributed by atoms with Crippen molar-refractivity contribution < 1.29 is 18.5 Å². The Morgan fingerprint density at radius 2 is 1.74 bits per heavy atom. The average Bonchev–Trinajstić information content (AvgIpc) is 3.03. The molecule has 0 aliphatic heterocycles. The fourth-order valence-corrected chi connectivity index (χ4v) is 3.25. The number of carbonyl (C=O) groups excluding carboxylic acids is 1. The highest BCUT2D eigenvalue weighted by Crippen LogP contribution is 2.27. The number of aryl methyl sites for hydroxylation is 1. The minimum Gasteiger partial charge on any atom is -0.448 e. The highest BCUT2D eigenvalue weighted by atomic mass is 19.1. The lowest BCUT2D eigenvalue weighted by Gasteiger charge is -2.15. The van der Waals surface area contributed by atoms with E-state index in [1.165, 1.54) is 16.5 Å². The second-order valence-corrected chi connectivity index (χ2v) is 6.81. The summed E-state index contributed by atoms with van der Waals surface area (Å²) in [5.74, 6) is -0.628. The second-order valence-electron chi connectivity index (χ2n) is 6.81. The minimum atomic E-state index is -0.458. The van der Waals surface area contributed by atoms with Crippen LogP contribution in [0.15, 0.2) is 46.9 Å². The standard InChI is InChI=1S/C22H25FN2O2/c1-4-25(5-2)14-17-11-9-16(10-12-17)13-24-22(26)20-15(3)18-7-6-8-19(23)21(18)27-20/h6-12H,4-5,13-14H2,1-3H3,(H,24,26)/p+1. The second kappa shape index (κ2) is 8.35. The topological polar surface area (TPSA) is 46.7 Å². The molecule has 0 fully saturated rings. The van der Waals surface area contributed by atoms with Gasteiger partial charge in [-0.3, -0.25) is 4.79 Å². The molecule has 0 unspecified atom stereocenters. The van der Waals surface area contributed by atoms with E-state index >= 15 is 0 Å². The fourth-order valence-electron chi connectivity index (χ4n) is 3.25. The molecule has 0 radical (unpaired) electrons. The first-order valence-electron chi connectivity index (χ1n) is 9.40. The Morgan fingerprint density at radius 3 is 2.37 bits per heavy atom. The third-order valence-corrected chi connectivity index (χ3v) is 5.05. The van der Waals surface area contributed by atoms with E-state index in [9.17, 15) is 9.18 Å². The van der Waals surface area contributed by atoms with E-state index in [0.717, 1.165) is 25.2 Å². The molecule has 1 amide bonds. The number of nitrogens with one attached hydrogen (secondary N) is 2. The summed E-state index contributed by atoms with van der Waals surface area (Å²) >= 11 is 0. The summed E-state index contributed by atoms with van der Waals surface area (Å²) in [5.41, 5.74) is 3.08. The molecule has 2 aromatic carbocycles. The molecular weight excluding hydrogens is 343 g/mol. The Hall–Kier alpha value is -2.66. The van der Waals surface area contributed by atoms with E-state index in [1.807, 2.05) is 12.1 Å². The molecule has 0 saturated heterocycles.